The Kier molecular flexibility index (Phi) is 6.17. The van der Waals surface area contributed by atoms with Crippen LogP contribution in [0.15, 0.2) is 65.4 Å². The van der Waals surface area contributed by atoms with Crippen molar-refractivity contribution in [1.29, 1.82) is 0 Å². The van der Waals surface area contributed by atoms with Crippen molar-refractivity contribution in [2.24, 2.45) is 0 Å². The summed E-state index contributed by atoms with van der Waals surface area (Å²) in [6, 6.07) is 17.7. The lowest BCUT2D eigenvalue weighted by Crippen LogP contribution is -2.46. The fourth-order valence-corrected chi connectivity index (χ4v) is 6.35. The van der Waals surface area contributed by atoms with Crippen LogP contribution in [0.4, 0.5) is 0 Å². The predicted octanol–water partition coefficient (Wildman–Crippen LogP) is 6.77. The molecule has 1 atom stereocenters. The molecule has 1 unspecified atom stereocenters. The van der Waals surface area contributed by atoms with Gasteiger partial charge < -0.3 is 9.47 Å². The highest BCUT2D eigenvalue weighted by atomic mass is 79.9. The zero-order chi connectivity index (χ0) is 23.0. The molecule has 1 saturated carbocycles. The van der Waals surface area contributed by atoms with Gasteiger partial charge >= 0.3 is 0 Å². The van der Waals surface area contributed by atoms with Crippen LogP contribution in [0.2, 0.25) is 0 Å². The van der Waals surface area contributed by atoms with Gasteiger partial charge in [-0.1, -0.05) is 71.6 Å². The van der Waals surface area contributed by atoms with Crippen LogP contribution in [0.3, 0.4) is 0 Å². The largest absolute Gasteiger partial charge is 0.337 e. The molecule has 33 heavy (non-hydrogen) atoms. The van der Waals surface area contributed by atoms with Gasteiger partial charge in [0.25, 0.3) is 0 Å². The molecule has 0 saturated heterocycles. The quantitative estimate of drug-likeness (QED) is 0.370. The Labute approximate surface area is 205 Å². The minimum absolute atomic E-state index is 0.226. The number of nitrogens with zero attached hydrogens (tertiary/aromatic N) is 3. The topological polar surface area (TPSA) is 38.1 Å². The van der Waals surface area contributed by atoms with E-state index in [-0.39, 0.29) is 11.9 Å². The summed E-state index contributed by atoms with van der Waals surface area (Å²) in [4.78, 5) is 20.6. The third-order valence-corrected chi connectivity index (χ3v) is 8.03. The number of rotatable bonds is 6. The lowest BCUT2D eigenvalue weighted by Gasteiger charge is -2.39. The Bertz CT molecular complexity index is 1130. The van der Waals surface area contributed by atoms with Crippen LogP contribution >= 0.6 is 15.9 Å². The molecule has 0 bridgehead atoms. The number of amides is 1. The van der Waals surface area contributed by atoms with Gasteiger partial charge in [0.15, 0.2) is 0 Å². The molecule has 2 aromatic carbocycles. The molecule has 0 radical (unpaired) electrons. The van der Waals surface area contributed by atoms with E-state index in [1.807, 2.05) is 6.20 Å². The van der Waals surface area contributed by atoms with E-state index in [0.717, 1.165) is 28.7 Å². The van der Waals surface area contributed by atoms with Crippen LogP contribution in [0.25, 0.3) is 11.4 Å². The number of halogens is 1. The van der Waals surface area contributed by atoms with Gasteiger partial charge in [-0.3, -0.25) is 4.79 Å². The molecule has 172 valence electrons. The first-order chi connectivity index (χ1) is 16.0. The van der Waals surface area contributed by atoms with Crippen LogP contribution in [0, 0.1) is 0 Å². The number of carbonyl (C=O) groups is 1. The first kappa shape index (κ1) is 22.4. The Hall–Kier alpha value is -2.40. The van der Waals surface area contributed by atoms with E-state index in [1.54, 1.807) is 0 Å². The maximum absolute atomic E-state index is 13.7. The summed E-state index contributed by atoms with van der Waals surface area (Å²) in [5.74, 6) is 1.26. The summed E-state index contributed by atoms with van der Waals surface area (Å²) >= 11 is 3.59. The summed E-state index contributed by atoms with van der Waals surface area (Å²) in [5, 5.41) is 0. The summed E-state index contributed by atoms with van der Waals surface area (Å²) in [6.45, 7) is 4.33. The van der Waals surface area contributed by atoms with Crippen LogP contribution in [-0.2, 0) is 10.3 Å². The van der Waals surface area contributed by atoms with Gasteiger partial charge in [-0.05, 0) is 56.4 Å². The van der Waals surface area contributed by atoms with Gasteiger partial charge in [-0.25, -0.2) is 4.98 Å². The van der Waals surface area contributed by atoms with E-state index in [9.17, 15) is 4.79 Å². The van der Waals surface area contributed by atoms with Gasteiger partial charge in [-0.15, -0.1) is 0 Å². The molecule has 2 aliphatic rings. The highest BCUT2D eigenvalue weighted by molar-refractivity contribution is 9.10. The fraction of sp³-hybridized carbons (Fsp3) is 0.429. The number of aromatic nitrogens is 2. The van der Waals surface area contributed by atoms with Crippen molar-refractivity contribution in [1.82, 2.24) is 14.5 Å². The number of benzene rings is 2. The van der Waals surface area contributed by atoms with Crippen molar-refractivity contribution < 1.29 is 4.79 Å². The van der Waals surface area contributed by atoms with Crippen molar-refractivity contribution >= 4 is 21.8 Å². The first-order valence-corrected chi connectivity index (χ1v) is 13.0. The molecular formula is C28H32BrN3O. The number of hydrogen-bond acceptors (Lipinski definition) is 2. The summed E-state index contributed by atoms with van der Waals surface area (Å²) in [5.41, 5.74) is 3.15. The van der Waals surface area contributed by atoms with Crippen molar-refractivity contribution in [3.63, 3.8) is 0 Å². The minimum atomic E-state index is -0.437. The van der Waals surface area contributed by atoms with E-state index >= 15 is 0 Å². The van der Waals surface area contributed by atoms with Gasteiger partial charge in [-0.2, -0.15) is 0 Å². The minimum Gasteiger partial charge on any atom is -0.337 e. The summed E-state index contributed by atoms with van der Waals surface area (Å²) in [6.07, 6.45) is 11.2. The van der Waals surface area contributed by atoms with Crippen LogP contribution in [0.1, 0.15) is 69.9 Å². The second-order valence-corrected chi connectivity index (χ2v) is 10.6. The number of carbonyl (C=O) groups excluding carboxylic acids is 1. The van der Waals surface area contributed by atoms with Gasteiger partial charge in [0, 0.05) is 40.9 Å². The normalized spacial score (nSPS) is 20.0. The predicted molar refractivity (Wildman–Crippen MR) is 136 cm³/mol. The van der Waals surface area contributed by atoms with Crippen molar-refractivity contribution in [2.45, 2.75) is 76.4 Å². The second kappa shape index (κ2) is 9.09. The Morgan fingerprint density at radius 2 is 1.85 bits per heavy atom. The van der Waals surface area contributed by atoms with E-state index in [0.29, 0.717) is 18.9 Å². The number of imidazole rings is 1. The lowest BCUT2D eigenvalue weighted by molar-refractivity contribution is -0.136. The molecule has 5 rings (SSSR count). The second-order valence-electron chi connectivity index (χ2n) is 9.72. The SMILES string of the molecule is CC(C)N(C(=O)CCC1(c2ccc(Br)cc2)c2ccccc2-c2nccn21)C1CCCCC1. The molecule has 5 heteroatoms. The van der Waals surface area contributed by atoms with Gasteiger partial charge in [0.1, 0.15) is 5.82 Å². The van der Waals surface area contributed by atoms with E-state index in [2.05, 4.69) is 94.0 Å². The van der Waals surface area contributed by atoms with E-state index in [4.69, 9.17) is 4.98 Å². The number of hydrogen-bond donors (Lipinski definition) is 0. The zero-order valence-electron chi connectivity index (χ0n) is 19.5. The third kappa shape index (κ3) is 3.84. The highest BCUT2D eigenvalue weighted by Gasteiger charge is 2.45. The molecule has 1 aliphatic carbocycles. The number of fused-ring (bicyclic) bond motifs is 3. The Morgan fingerprint density at radius 3 is 2.58 bits per heavy atom. The smallest absolute Gasteiger partial charge is 0.223 e. The van der Waals surface area contributed by atoms with E-state index in [1.165, 1.54) is 30.4 Å². The van der Waals surface area contributed by atoms with Crippen LogP contribution < -0.4 is 0 Å². The summed E-state index contributed by atoms with van der Waals surface area (Å²) < 4.78 is 3.34. The highest BCUT2D eigenvalue weighted by Crippen LogP contribution is 2.49. The van der Waals surface area contributed by atoms with E-state index < -0.39 is 5.54 Å². The molecule has 1 fully saturated rings. The molecule has 0 spiro atoms. The molecule has 1 amide bonds. The standard InChI is InChI=1S/C28H32BrN3O/c1-20(2)32(23-8-4-3-5-9-23)26(33)16-17-28(21-12-14-22(29)15-13-21)25-11-7-6-10-24(25)27-30-18-19-31(27)28/h6-7,10-15,18-20,23H,3-5,8-9,16-17H2,1-2H3. The maximum atomic E-state index is 13.7. The zero-order valence-corrected chi connectivity index (χ0v) is 21.1. The van der Waals surface area contributed by atoms with Crippen LogP contribution in [0.5, 0.6) is 0 Å². The van der Waals surface area contributed by atoms with Gasteiger partial charge in [0.05, 0.1) is 5.54 Å². The van der Waals surface area contributed by atoms with Crippen molar-refractivity contribution in [3.05, 3.63) is 76.5 Å². The maximum Gasteiger partial charge on any atom is 0.223 e. The monoisotopic (exact) mass is 505 g/mol. The molecule has 3 aromatic rings. The van der Waals surface area contributed by atoms with Gasteiger partial charge in [0.2, 0.25) is 5.91 Å². The molecule has 0 N–H and O–H groups in total. The van der Waals surface area contributed by atoms with Crippen molar-refractivity contribution in [3.8, 4) is 11.4 Å². The summed E-state index contributed by atoms with van der Waals surface area (Å²) in [7, 11) is 0. The third-order valence-electron chi connectivity index (χ3n) is 7.50. The molecule has 1 aliphatic heterocycles. The Balaban J connectivity index is 1.54. The first-order valence-electron chi connectivity index (χ1n) is 12.2. The molecule has 2 heterocycles. The average molecular weight is 506 g/mol. The average Bonchev–Trinajstić information content (AvgIpc) is 3.40. The Morgan fingerprint density at radius 1 is 1.12 bits per heavy atom. The van der Waals surface area contributed by atoms with Crippen molar-refractivity contribution in [2.75, 3.05) is 0 Å². The van der Waals surface area contributed by atoms with Crippen LogP contribution in [-0.4, -0.2) is 32.4 Å². The lowest BCUT2D eigenvalue weighted by atomic mass is 9.79. The fourth-order valence-electron chi connectivity index (χ4n) is 6.09. The molecule has 1 aromatic heterocycles. The molecular weight excluding hydrogens is 474 g/mol. The molecule has 4 nitrogen and oxygen atoms in total.